The van der Waals surface area contributed by atoms with Crippen molar-refractivity contribution in [2.75, 3.05) is 0 Å². The number of allylic oxidation sites excluding steroid dienone is 2. The maximum Gasteiger partial charge on any atom is 0.120 e. The van der Waals surface area contributed by atoms with Crippen molar-refractivity contribution >= 4 is 6.29 Å². The van der Waals surface area contributed by atoms with Crippen molar-refractivity contribution in [1.29, 1.82) is 0 Å². The predicted molar refractivity (Wildman–Crippen MR) is 37.9 cm³/mol. The summed E-state index contributed by atoms with van der Waals surface area (Å²) in [4.78, 5) is 9.94. The van der Waals surface area contributed by atoms with Gasteiger partial charge in [-0.3, -0.25) is 6.08 Å². The molecule has 1 radical (unpaired) electrons. The second-order valence-corrected chi connectivity index (χ2v) is 2.24. The predicted octanol–water partition coefficient (Wildman–Crippen LogP) is 1.98. The first-order valence-electron chi connectivity index (χ1n) is 3.23. The van der Waals surface area contributed by atoms with E-state index in [1.165, 1.54) is 0 Å². The Labute approximate surface area is 88.1 Å². The zero-order valence-corrected chi connectivity index (χ0v) is 9.47. The van der Waals surface area contributed by atoms with E-state index in [4.69, 9.17) is 0 Å². The van der Waals surface area contributed by atoms with Crippen LogP contribution in [0.3, 0.4) is 0 Å². The summed E-state index contributed by atoms with van der Waals surface area (Å²) in [7, 11) is 0. The van der Waals surface area contributed by atoms with Crippen molar-refractivity contribution in [2.45, 2.75) is 26.7 Å². The summed E-state index contributed by atoms with van der Waals surface area (Å²) in [6.45, 7) is 3.93. The molecule has 0 aliphatic rings. The molecule has 0 N–H and O–H groups in total. The molecular weight excluding hydrogens is 201 g/mol. The van der Waals surface area contributed by atoms with Crippen LogP contribution in [-0.4, -0.2) is 6.29 Å². The molecule has 0 spiro atoms. The molecule has 55 valence electrons. The van der Waals surface area contributed by atoms with Gasteiger partial charge >= 0.3 is 0 Å². The Morgan fingerprint density at radius 3 is 2.50 bits per heavy atom. The van der Waals surface area contributed by atoms with Gasteiger partial charge in [0, 0.05) is 39.1 Å². The van der Waals surface area contributed by atoms with Crippen LogP contribution in [0.2, 0.25) is 0 Å². The molecule has 0 unspecified atom stereocenters. The molecule has 1 atom stereocenters. The van der Waals surface area contributed by atoms with Gasteiger partial charge in [0.25, 0.3) is 0 Å². The molecule has 0 aliphatic heterocycles. The molecule has 0 saturated heterocycles. The van der Waals surface area contributed by atoms with Gasteiger partial charge in [-0.15, -0.1) is 0 Å². The number of rotatable bonds is 4. The van der Waals surface area contributed by atoms with Crippen LogP contribution < -0.4 is 0 Å². The summed E-state index contributed by atoms with van der Waals surface area (Å²) in [5.41, 5.74) is 0. The van der Waals surface area contributed by atoms with Gasteiger partial charge in [-0.05, 0) is 5.92 Å². The van der Waals surface area contributed by atoms with Crippen molar-refractivity contribution in [3.63, 3.8) is 0 Å². The summed E-state index contributed by atoms with van der Waals surface area (Å²) < 4.78 is 0. The van der Waals surface area contributed by atoms with E-state index in [0.717, 1.165) is 12.7 Å². The molecule has 0 amide bonds. The summed E-state index contributed by atoms with van der Waals surface area (Å²) >= 11 is 0. The standard InChI is InChI=1S/C8H13O.Y/c1-3-4-5-8(2)6-7-9;/h4,7-8H,5-6H2,1-2H3;/q-1;/t8-;/m0./s1. The molecule has 0 aromatic carbocycles. The zero-order valence-electron chi connectivity index (χ0n) is 6.63. The van der Waals surface area contributed by atoms with Gasteiger partial charge in [0.1, 0.15) is 6.29 Å². The van der Waals surface area contributed by atoms with Crippen LogP contribution in [0, 0.1) is 12.0 Å². The van der Waals surface area contributed by atoms with E-state index in [0.29, 0.717) is 12.3 Å². The van der Waals surface area contributed by atoms with Gasteiger partial charge in [-0.25, -0.2) is 0 Å². The maximum absolute atomic E-state index is 9.94. The van der Waals surface area contributed by atoms with Crippen LogP contribution in [0.5, 0.6) is 0 Å². The van der Waals surface area contributed by atoms with Crippen LogP contribution in [0.1, 0.15) is 26.7 Å². The average molecular weight is 214 g/mol. The van der Waals surface area contributed by atoms with E-state index in [1.54, 1.807) is 0 Å². The van der Waals surface area contributed by atoms with Crippen LogP contribution in [0.25, 0.3) is 0 Å². The molecule has 0 aliphatic carbocycles. The molecule has 0 heterocycles. The second-order valence-electron chi connectivity index (χ2n) is 2.24. The van der Waals surface area contributed by atoms with E-state index >= 15 is 0 Å². The summed E-state index contributed by atoms with van der Waals surface area (Å²) in [6.07, 6.45) is 7.48. The number of hydrogen-bond donors (Lipinski definition) is 0. The molecule has 1 nitrogen and oxygen atoms in total. The van der Waals surface area contributed by atoms with Gasteiger partial charge in [0.2, 0.25) is 0 Å². The second kappa shape index (κ2) is 9.51. The summed E-state index contributed by atoms with van der Waals surface area (Å²) in [6, 6.07) is 0. The Bertz CT molecular complexity index is 99.4. The Kier molecular flexibility index (Phi) is 12.5. The fourth-order valence-corrected chi connectivity index (χ4v) is 0.580. The maximum atomic E-state index is 9.94. The van der Waals surface area contributed by atoms with Crippen LogP contribution in [-0.2, 0) is 37.5 Å². The first kappa shape index (κ1) is 13.1. The minimum atomic E-state index is 0. The van der Waals surface area contributed by atoms with Gasteiger partial charge in [0.05, 0.1) is 0 Å². The van der Waals surface area contributed by atoms with Gasteiger partial charge in [-0.1, -0.05) is 13.3 Å². The Morgan fingerprint density at radius 2 is 2.10 bits per heavy atom. The van der Waals surface area contributed by atoms with Gasteiger partial charge in [-0.2, -0.15) is 6.92 Å². The average Bonchev–Trinajstić information content (AvgIpc) is 1.85. The molecule has 0 bridgehead atoms. The molecule has 0 aromatic heterocycles. The minimum Gasteiger partial charge on any atom is -0.504 e. The minimum absolute atomic E-state index is 0. The van der Waals surface area contributed by atoms with E-state index in [-0.39, 0.29) is 32.7 Å². The SMILES string of the molecule is C[C-]=CC[C@H](C)CC=O.[Y]. The Morgan fingerprint density at radius 1 is 1.50 bits per heavy atom. The van der Waals surface area contributed by atoms with Gasteiger partial charge in [0.15, 0.2) is 0 Å². The molecule has 2 heteroatoms. The Hall–Kier alpha value is 0.514. The first-order valence-corrected chi connectivity index (χ1v) is 3.23. The summed E-state index contributed by atoms with van der Waals surface area (Å²) in [5.74, 6) is 0.481. The number of aldehydes is 1. The molecular formula is C8H13OY-. The van der Waals surface area contributed by atoms with Gasteiger partial charge < -0.3 is 10.9 Å². The van der Waals surface area contributed by atoms with Crippen molar-refractivity contribution in [3.8, 4) is 0 Å². The van der Waals surface area contributed by atoms with E-state index < -0.39 is 0 Å². The first-order chi connectivity index (χ1) is 4.31. The molecule has 0 fully saturated rings. The number of hydrogen-bond acceptors (Lipinski definition) is 1. The zero-order chi connectivity index (χ0) is 7.11. The van der Waals surface area contributed by atoms with Crippen molar-refractivity contribution in [2.24, 2.45) is 5.92 Å². The molecule has 0 saturated carbocycles. The number of carbonyl (C=O) groups excluding carboxylic acids is 1. The molecule has 0 aromatic rings. The normalized spacial score (nSPS) is 12.6. The van der Waals surface area contributed by atoms with E-state index in [2.05, 4.69) is 13.0 Å². The largest absolute Gasteiger partial charge is 0.504 e. The third-order valence-corrected chi connectivity index (χ3v) is 1.22. The van der Waals surface area contributed by atoms with Crippen LogP contribution in [0.15, 0.2) is 6.08 Å². The number of carbonyl (C=O) groups is 1. The third-order valence-electron chi connectivity index (χ3n) is 1.22. The van der Waals surface area contributed by atoms with Crippen molar-refractivity contribution in [1.82, 2.24) is 0 Å². The molecule has 10 heavy (non-hydrogen) atoms. The quantitative estimate of drug-likeness (QED) is 0.516. The smallest absolute Gasteiger partial charge is 0.120 e. The van der Waals surface area contributed by atoms with Crippen molar-refractivity contribution in [3.05, 3.63) is 12.2 Å². The van der Waals surface area contributed by atoms with Crippen LogP contribution in [0.4, 0.5) is 0 Å². The third kappa shape index (κ3) is 8.51. The van der Waals surface area contributed by atoms with Crippen molar-refractivity contribution < 1.29 is 37.5 Å². The topological polar surface area (TPSA) is 17.1 Å². The van der Waals surface area contributed by atoms with Crippen LogP contribution >= 0.6 is 0 Å². The summed E-state index contributed by atoms with van der Waals surface area (Å²) in [5, 5.41) is 0. The Balaban J connectivity index is 0. The molecule has 0 rings (SSSR count). The monoisotopic (exact) mass is 214 g/mol. The van der Waals surface area contributed by atoms with E-state index in [9.17, 15) is 4.79 Å². The fourth-order valence-electron chi connectivity index (χ4n) is 0.580. The van der Waals surface area contributed by atoms with E-state index in [1.807, 2.05) is 13.0 Å². The fraction of sp³-hybridized carbons (Fsp3) is 0.625.